The first-order chi connectivity index (χ1) is 9.65. The zero-order chi connectivity index (χ0) is 14.5. The van der Waals surface area contributed by atoms with E-state index in [0.29, 0.717) is 5.56 Å². The van der Waals surface area contributed by atoms with Gasteiger partial charge in [0.1, 0.15) is 5.82 Å². The lowest BCUT2D eigenvalue weighted by molar-refractivity contribution is 0.556. The summed E-state index contributed by atoms with van der Waals surface area (Å²) in [6.45, 7) is 5.76. The number of rotatable bonds is 6. The molecule has 0 amide bonds. The fourth-order valence-corrected chi connectivity index (χ4v) is 2.56. The number of hydrogen-bond acceptors (Lipinski definition) is 2. The molecule has 1 atom stereocenters. The molecule has 0 spiro atoms. The smallest absolute Gasteiger partial charge is 0.129 e. The fourth-order valence-electron chi connectivity index (χ4n) is 2.23. The van der Waals surface area contributed by atoms with Gasteiger partial charge in [-0.1, -0.05) is 35.8 Å². The van der Waals surface area contributed by atoms with Gasteiger partial charge in [-0.25, -0.2) is 4.39 Å². The molecule has 0 saturated heterocycles. The van der Waals surface area contributed by atoms with Crippen LogP contribution < -0.4 is 5.32 Å². The van der Waals surface area contributed by atoms with E-state index in [0.717, 1.165) is 29.5 Å². The molecule has 0 fully saturated rings. The Morgan fingerprint density at radius 1 is 1.40 bits per heavy atom. The predicted octanol–water partition coefficient (Wildman–Crippen LogP) is 3.89. The van der Waals surface area contributed by atoms with E-state index in [1.54, 1.807) is 0 Å². The van der Waals surface area contributed by atoms with Gasteiger partial charge in [0.2, 0.25) is 0 Å². The Hall–Kier alpha value is -1.20. The molecule has 1 aromatic heterocycles. The van der Waals surface area contributed by atoms with E-state index >= 15 is 0 Å². The SMILES string of the molecule is CCCn1cc(C(NCC)c2ccc(Br)cc2F)cn1. The summed E-state index contributed by atoms with van der Waals surface area (Å²) in [5.74, 6) is -0.214. The lowest BCUT2D eigenvalue weighted by atomic mass is 10.0. The summed E-state index contributed by atoms with van der Waals surface area (Å²) in [5.41, 5.74) is 1.63. The Morgan fingerprint density at radius 2 is 2.20 bits per heavy atom. The van der Waals surface area contributed by atoms with Gasteiger partial charge in [-0.15, -0.1) is 0 Å². The molecular formula is C15H19BrFN3. The Labute approximate surface area is 127 Å². The van der Waals surface area contributed by atoms with Gasteiger partial charge in [-0.05, 0) is 25.1 Å². The Balaban J connectivity index is 2.34. The van der Waals surface area contributed by atoms with Gasteiger partial charge < -0.3 is 5.32 Å². The first kappa shape index (κ1) is 15.2. The molecule has 0 aliphatic heterocycles. The van der Waals surface area contributed by atoms with Gasteiger partial charge in [-0.3, -0.25) is 4.68 Å². The maximum absolute atomic E-state index is 14.2. The van der Waals surface area contributed by atoms with E-state index in [4.69, 9.17) is 0 Å². The van der Waals surface area contributed by atoms with Crippen molar-refractivity contribution in [1.82, 2.24) is 15.1 Å². The van der Waals surface area contributed by atoms with Crippen LogP contribution >= 0.6 is 15.9 Å². The Bertz CT molecular complexity index is 568. The minimum atomic E-state index is -0.214. The van der Waals surface area contributed by atoms with Crippen LogP contribution in [0.4, 0.5) is 4.39 Å². The first-order valence-corrected chi connectivity index (χ1v) is 7.65. The molecule has 1 unspecified atom stereocenters. The predicted molar refractivity (Wildman–Crippen MR) is 82.1 cm³/mol. The largest absolute Gasteiger partial charge is 0.306 e. The monoisotopic (exact) mass is 339 g/mol. The second-order valence-corrected chi connectivity index (χ2v) is 5.61. The van der Waals surface area contributed by atoms with Crippen LogP contribution in [0.1, 0.15) is 37.4 Å². The molecular weight excluding hydrogens is 321 g/mol. The summed E-state index contributed by atoms with van der Waals surface area (Å²) in [6.07, 6.45) is 4.82. The standard InChI is InChI=1S/C15H19BrFN3/c1-3-7-20-10-11(9-19-20)15(18-4-2)13-6-5-12(16)8-14(13)17/h5-6,8-10,15,18H,3-4,7H2,1-2H3. The Morgan fingerprint density at radius 3 is 2.85 bits per heavy atom. The molecule has 1 heterocycles. The van der Waals surface area contributed by atoms with Gasteiger partial charge in [0.15, 0.2) is 0 Å². The minimum absolute atomic E-state index is 0.168. The van der Waals surface area contributed by atoms with E-state index in [9.17, 15) is 4.39 Å². The van der Waals surface area contributed by atoms with Crippen molar-refractivity contribution in [3.8, 4) is 0 Å². The maximum Gasteiger partial charge on any atom is 0.129 e. The van der Waals surface area contributed by atoms with Crippen molar-refractivity contribution < 1.29 is 4.39 Å². The van der Waals surface area contributed by atoms with Crippen molar-refractivity contribution in [2.45, 2.75) is 32.9 Å². The second kappa shape index (κ2) is 6.99. The highest BCUT2D eigenvalue weighted by Gasteiger charge is 2.18. The van der Waals surface area contributed by atoms with Gasteiger partial charge in [0, 0.05) is 28.3 Å². The highest BCUT2D eigenvalue weighted by Crippen LogP contribution is 2.26. The molecule has 1 N–H and O–H groups in total. The van der Waals surface area contributed by atoms with Gasteiger partial charge in [0.25, 0.3) is 0 Å². The summed E-state index contributed by atoms with van der Waals surface area (Å²) < 4.78 is 16.8. The number of hydrogen-bond donors (Lipinski definition) is 1. The van der Waals surface area contributed by atoms with Crippen LogP contribution in [0.3, 0.4) is 0 Å². The Kier molecular flexibility index (Phi) is 5.31. The van der Waals surface area contributed by atoms with E-state index in [2.05, 4.69) is 33.3 Å². The molecule has 20 heavy (non-hydrogen) atoms. The van der Waals surface area contributed by atoms with Crippen LogP contribution in [0.2, 0.25) is 0 Å². The fraction of sp³-hybridized carbons (Fsp3) is 0.400. The summed E-state index contributed by atoms with van der Waals surface area (Å²) in [7, 11) is 0. The molecule has 0 bridgehead atoms. The average molecular weight is 340 g/mol. The van der Waals surface area contributed by atoms with Crippen molar-refractivity contribution in [3.05, 3.63) is 52.0 Å². The molecule has 2 rings (SSSR count). The van der Waals surface area contributed by atoms with Crippen molar-refractivity contribution in [3.63, 3.8) is 0 Å². The zero-order valence-electron chi connectivity index (χ0n) is 11.7. The molecule has 108 valence electrons. The highest BCUT2D eigenvalue weighted by atomic mass is 79.9. The topological polar surface area (TPSA) is 29.9 Å². The van der Waals surface area contributed by atoms with Crippen molar-refractivity contribution >= 4 is 15.9 Å². The lowest BCUT2D eigenvalue weighted by Gasteiger charge is -2.17. The molecule has 0 aliphatic carbocycles. The summed E-state index contributed by atoms with van der Waals surface area (Å²) in [5, 5.41) is 7.65. The molecule has 0 radical (unpaired) electrons. The molecule has 3 nitrogen and oxygen atoms in total. The van der Waals surface area contributed by atoms with E-state index in [1.165, 1.54) is 6.07 Å². The number of nitrogens with one attached hydrogen (secondary N) is 1. The second-order valence-electron chi connectivity index (χ2n) is 4.69. The number of benzene rings is 1. The third-order valence-electron chi connectivity index (χ3n) is 3.12. The van der Waals surface area contributed by atoms with Gasteiger partial charge in [-0.2, -0.15) is 5.10 Å². The first-order valence-electron chi connectivity index (χ1n) is 6.86. The molecule has 0 aliphatic rings. The van der Waals surface area contributed by atoms with Crippen LogP contribution in [-0.2, 0) is 6.54 Å². The van der Waals surface area contributed by atoms with E-state index < -0.39 is 0 Å². The summed E-state index contributed by atoms with van der Waals surface area (Å²) in [6, 6.07) is 5.00. The zero-order valence-corrected chi connectivity index (χ0v) is 13.3. The van der Waals surface area contributed by atoms with Crippen LogP contribution in [0.5, 0.6) is 0 Å². The summed E-state index contributed by atoms with van der Waals surface area (Å²) in [4.78, 5) is 0. The van der Waals surface area contributed by atoms with Crippen LogP contribution in [0, 0.1) is 5.82 Å². The number of aromatic nitrogens is 2. The third-order valence-corrected chi connectivity index (χ3v) is 3.61. The quantitative estimate of drug-likeness (QED) is 0.865. The van der Waals surface area contributed by atoms with Crippen molar-refractivity contribution in [2.24, 2.45) is 0 Å². The molecule has 2 aromatic rings. The van der Waals surface area contributed by atoms with E-state index in [1.807, 2.05) is 36.1 Å². The average Bonchev–Trinajstić information content (AvgIpc) is 2.86. The van der Waals surface area contributed by atoms with Crippen molar-refractivity contribution in [1.29, 1.82) is 0 Å². The lowest BCUT2D eigenvalue weighted by Crippen LogP contribution is -2.22. The number of nitrogens with zero attached hydrogens (tertiary/aromatic N) is 2. The summed E-state index contributed by atoms with van der Waals surface area (Å²) >= 11 is 3.29. The normalized spacial score (nSPS) is 12.6. The molecule has 0 saturated carbocycles. The maximum atomic E-state index is 14.2. The van der Waals surface area contributed by atoms with Crippen molar-refractivity contribution in [2.75, 3.05) is 6.54 Å². The minimum Gasteiger partial charge on any atom is -0.306 e. The van der Waals surface area contributed by atoms with Crippen LogP contribution in [0.15, 0.2) is 35.1 Å². The van der Waals surface area contributed by atoms with Gasteiger partial charge >= 0.3 is 0 Å². The number of halogens is 2. The number of aryl methyl sites for hydroxylation is 1. The van der Waals surface area contributed by atoms with Crippen LogP contribution in [-0.4, -0.2) is 16.3 Å². The molecule has 1 aromatic carbocycles. The highest BCUT2D eigenvalue weighted by molar-refractivity contribution is 9.10. The van der Waals surface area contributed by atoms with E-state index in [-0.39, 0.29) is 11.9 Å². The third kappa shape index (κ3) is 3.46. The van der Waals surface area contributed by atoms with Crippen LogP contribution in [0.25, 0.3) is 0 Å². The molecule has 5 heteroatoms. The van der Waals surface area contributed by atoms with Gasteiger partial charge in [0.05, 0.1) is 12.2 Å².